The molecule has 2 aromatic carbocycles. The number of halogens is 3. The third-order valence-electron chi connectivity index (χ3n) is 2.87. The molecule has 0 heterocycles. The molecular formula is C15H13BrCl2. The predicted molar refractivity (Wildman–Crippen MR) is 82.9 cm³/mol. The summed E-state index contributed by atoms with van der Waals surface area (Å²) < 4.78 is 0. The molecule has 0 amide bonds. The van der Waals surface area contributed by atoms with E-state index < -0.39 is 0 Å². The lowest BCUT2D eigenvalue weighted by Gasteiger charge is -2.12. The molecule has 1 atom stereocenters. The zero-order valence-corrected chi connectivity index (χ0v) is 12.8. The Morgan fingerprint density at radius 2 is 1.50 bits per heavy atom. The zero-order valence-electron chi connectivity index (χ0n) is 9.74. The van der Waals surface area contributed by atoms with Crippen LogP contribution in [0, 0.1) is 0 Å². The largest absolute Gasteiger partial charge is 0.0840 e. The molecule has 0 saturated heterocycles. The summed E-state index contributed by atoms with van der Waals surface area (Å²) in [5.74, 6) is 0. The lowest BCUT2D eigenvalue weighted by atomic mass is 10.0. The Bertz CT molecular complexity index is 491. The van der Waals surface area contributed by atoms with E-state index in [0.717, 1.165) is 28.5 Å². The highest BCUT2D eigenvalue weighted by atomic mass is 79.9. The molecule has 0 N–H and O–H groups in total. The average molecular weight is 344 g/mol. The molecule has 18 heavy (non-hydrogen) atoms. The second-order valence-electron chi connectivity index (χ2n) is 4.12. The normalized spacial score (nSPS) is 12.4. The average Bonchev–Trinajstić information content (AvgIpc) is 2.39. The summed E-state index contributed by atoms with van der Waals surface area (Å²) in [7, 11) is 0. The van der Waals surface area contributed by atoms with Crippen molar-refractivity contribution in [1.29, 1.82) is 0 Å². The van der Waals surface area contributed by atoms with Crippen LogP contribution in [0.25, 0.3) is 0 Å². The summed E-state index contributed by atoms with van der Waals surface area (Å²) in [6.07, 6.45) is 1.83. The number of hydrogen-bond donors (Lipinski definition) is 0. The monoisotopic (exact) mass is 342 g/mol. The Kier molecular flexibility index (Phi) is 5.11. The van der Waals surface area contributed by atoms with E-state index in [1.807, 2.05) is 36.4 Å². The first-order chi connectivity index (χ1) is 8.68. The first-order valence-electron chi connectivity index (χ1n) is 5.80. The van der Waals surface area contributed by atoms with Gasteiger partial charge in [0.15, 0.2) is 0 Å². The number of rotatable bonds is 4. The summed E-state index contributed by atoms with van der Waals surface area (Å²) in [5.41, 5.74) is 2.31. The quantitative estimate of drug-likeness (QED) is 0.591. The zero-order chi connectivity index (χ0) is 13.0. The maximum Gasteiger partial charge on any atom is 0.0452 e. The number of hydrogen-bond acceptors (Lipinski definition) is 0. The van der Waals surface area contributed by atoms with Crippen molar-refractivity contribution < 1.29 is 0 Å². The minimum absolute atomic E-state index is 0.325. The molecule has 0 nitrogen and oxygen atoms in total. The first-order valence-corrected chi connectivity index (χ1v) is 7.47. The summed E-state index contributed by atoms with van der Waals surface area (Å²) >= 11 is 16.0. The molecule has 1 unspecified atom stereocenters. The molecule has 2 aromatic rings. The molecule has 0 aliphatic heterocycles. The molecule has 2 rings (SSSR count). The van der Waals surface area contributed by atoms with Crippen LogP contribution in [0.15, 0.2) is 48.5 Å². The van der Waals surface area contributed by atoms with E-state index in [4.69, 9.17) is 23.2 Å². The van der Waals surface area contributed by atoms with Crippen LogP contribution in [-0.2, 0) is 6.42 Å². The standard InChI is InChI=1S/C15H13BrCl2/c16-13(11-5-2-1-3-6-11)10-9-12-14(17)7-4-8-15(12)18/h1-8,13H,9-10H2. The molecule has 0 aliphatic rings. The fourth-order valence-corrected chi connectivity index (χ4v) is 2.99. The van der Waals surface area contributed by atoms with E-state index in [2.05, 4.69) is 28.1 Å². The van der Waals surface area contributed by atoms with Crippen LogP contribution in [-0.4, -0.2) is 0 Å². The Labute approximate surface area is 126 Å². The molecule has 94 valence electrons. The summed E-state index contributed by atoms with van der Waals surface area (Å²) in [5, 5.41) is 1.49. The van der Waals surface area contributed by atoms with Crippen LogP contribution in [0.1, 0.15) is 22.4 Å². The SMILES string of the molecule is Clc1cccc(Cl)c1CCC(Br)c1ccccc1. The van der Waals surface area contributed by atoms with E-state index in [0.29, 0.717) is 4.83 Å². The molecule has 0 aromatic heterocycles. The van der Waals surface area contributed by atoms with E-state index in [9.17, 15) is 0 Å². The van der Waals surface area contributed by atoms with Crippen molar-refractivity contribution in [3.63, 3.8) is 0 Å². The summed E-state index contributed by atoms with van der Waals surface area (Å²) in [6, 6.07) is 16.0. The first kappa shape index (κ1) is 13.9. The highest BCUT2D eigenvalue weighted by Gasteiger charge is 2.10. The highest BCUT2D eigenvalue weighted by Crippen LogP contribution is 2.31. The van der Waals surface area contributed by atoms with Crippen LogP contribution in [0.3, 0.4) is 0 Å². The third kappa shape index (κ3) is 3.50. The second kappa shape index (κ2) is 6.60. The van der Waals surface area contributed by atoms with Gasteiger partial charge in [-0.15, -0.1) is 0 Å². The Balaban J connectivity index is 2.04. The lowest BCUT2D eigenvalue weighted by molar-refractivity contribution is 0.813. The Hall–Kier alpha value is -0.500. The minimum atomic E-state index is 0.325. The maximum absolute atomic E-state index is 6.16. The molecule has 0 spiro atoms. The van der Waals surface area contributed by atoms with Gasteiger partial charge in [0.2, 0.25) is 0 Å². The van der Waals surface area contributed by atoms with Gasteiger partial charge in [0.1, 0.15) is 0 Å². The van der Waals surface area contributed by atoms with Crippen LogP contribution in [0.2, 0.25) is 10.0 Å². The fourth-order valence-electron chi connectivity index (χ4n) is 1.87. The van der Waals surface area contributed by atoms with Crippen molar-refractivity contribution in [2.75, 3.05) is 0 Å². The Morgan fingerprint density at radius 1 is 0.889 bits per heavy atom. The van der Waals surface area contributed by atoms with Crippen molar-refractivity contribution in [3.8, 4) is 0 Å². The van der Waals surface area contributed by atoms with E-state index in [1.165, 1.54) is 5.56 Å². The molecular weight excluding hydrogens is 331 g/mol. The van der Waals surface area contributed by atoms with Gasteiger partial charge in [-0.3, -0.25) is 0 Å². The molecule has 0 fully saturated rings. The van der Waals surface area contributed by atoms with E-state index in [1.54, 1.807) is 0 Å². The molecule has 3 heteroatoms. The van der Waals surface area contributed by atoms with Gasteiger partial charge in [0.25, 0.3) is 0 Å². The van der Waals surface area contributed by atoms with Gasteiger partial charge in [-0.2, -0.15) is 0 Å². The van der Waals surface area contributed by atoms with Crippen molar-refractivity contribution in [2.45, 2.75) is 17.7 Å². The maximum atomic E-state index is 6.16. The summed E-state index contributed by atoms with van der Waals surface area (Å²) in [6.45, 7) is 0. The van der Waals surface area contributed by atoms with Crippen molar-refractivity contribution in [3.05, 3.63) is 69.7 Å². The predicted octanol–water partition coefficient (Wildman–Crippen LogP) is 6.06. The lowest BCUT2D eigenvalue weighted by Crippen LogP contribution is -1.95. The van der Waals surface area contributed by atoms with Gasteiger partial charge in [-0.1, -0.05) is 75.5 Å². The van der Waals surface area contributed by atoms with Crippen LogP contribution < -0.4 is 0 Å². The smallest absolute Gasteiger partial charge is 0.0452 e. The van der Waals surface area contributed by atoms with Crippen LogP contribution in [0.4, 0.5) is 0 Å². The van der Waals surface area contributed by atoms with Crippen LogP contribution >= 0.6 is 39.1 Å². The fraction of sp³-hybridized carbons (Fsp3) is 0.200. The van der Waals surface area contributed by atoms with Gasteiger partial charge < -0.3 is 0 Å². The minimum Gasteiger partial charge on any atom is -0.0840 e. The van der Waals surface area contributed by atoms with Crippen LogP contribution in [0.5, 0.6) is 0 Å². The summed E-state index contributed by atoms with van der Waals surface area (Å²) in [4.78, 5) is 0.325. The number of benzene rings is 2. The van der Waals surface area contributed by atoms with Crippen molar-refractivity contribution >= 4 is 39.1 Å². The second-order valence-corrected chi connectivity index (χ2v) is 6.04. The number of alkyl halides is 1. The molecule has 0 radical (unpaired) electrons. The van der Waals surface area contributed by atoms with Crippen molar-refractivity contribution in [1.82, 2.24) is 0 Å². The topological polar surface area (TPSA) is 0 Å². The highest BCUT2D eigenvalue weighted by molar-refractivity contribution is 9.09. The molecule has 0 bridgehead atoms. The van der Waals surface area contributed by atoms with E-state index in [-0.39, 0.29) is 0 Å². The molecule has 0 saturated carbocycles. The molecule has 0 aliphatic carbocycles. The third-order valence-corrected chi connectivity index (χ3v) is 4.57. The van der Waals surface area contributed by atoms with Crippen molar-refractivity contribution in [2.24, 2.45) is 0 Å². The van der Waals surface area contributed by atoms with Gasteiger partial charge in [0, 0.05) is 14.9 Å². The van der Waals surface area contributed by atoms with Gasteiger partial charge in [0.05, 0.1) is 0 Å². The van der Waals surface area contributed by atoms with Gasteiger partial charge >= 0.3 is 0 Å². The van der Waals surface area contributed by atoms with Gasteiger partial charge in [-0.05, 0) is 36.1 Å². The van der Waals surface area contributed by atoms with E-state index >= 15 is 0 Å². The Morgan fingerprint density at radius 3 is 2.11 bits per heavy atom. The van der Waals surface area contributed by atoms with Gasteiger partial charge in [-0.25, -0.2) is 0 Å².